The molecule has 4 aromatic rings. The molecule has 1 atom stereocenters. The van der Waals surface area contributed by atoms with Crippen molar-refractivity contribution in [1.29, 1.82) is 0 Å². The first-order valence-electron chi connectivity index (χ1n) is 11.0. The summed E-state index contributed by atoms with van der Waals surface area (Å²) in [6.45, 7) is 2.89. The highest BCUT2D eigenvalue weighted by Crippen LogP contribution is 2.33. The Morgan fingerprint density at radius 1 is 0.970 bits per heavy atom. The third-order valence-electron chi connectivity index (χ3n) is 6.23. The van der Waals surface area contributed by atoms with E-state index in [4.69, 9.17) is 8.83 Å². The van der Waals surface area contributed by atoms with E-state index >= 15 is 0 Å². The summed E-state index contributed by atoms with van der Waals surface area (Å²) in [7, 11) is 0. The molecular weight excluding hydrogens is 418 g/mol. The van der Waals surface area contributed by atoms with E-state index in [1.54, 1.807) is 29.6 Å². The number of rotatable bonds is 7. The van der Waals surface area contributed by atoms with E-state index in [0.717, 1.165) is 17.0 Å². The largest absolute Gasteiger partial charge is 0.469 e. The van der Waals surface area contributed by atoms with Crippen LogP contribution < -0.4 is 5.32 Å². The monoisotopic (exact) mass is 443 g/mol. The number of hydrogen-bond donors (Lipinski definition) is 1. The maximum atomic E-state index is 13.6. The van der Waals surface area contributed by atoms with Crippen LogP contribution in [0.3, 0.4) is 0 Å². The summed E-state index contributed by atoms with van der Waals surface area (Å²) in [5, 5.41) is 3.04. The molecule has 168 valence electrons. The summed E-state index contributed by atoms with van der Waals surface area (Å²) in [6.07, 6.45) is 3.73. The molecule has 33 heavy (non-hydrogen) atoms. The van der Waals surface area contributed by atoms with Gasteiger partial charge in [-0.05, 0) is 48.9 Å². The van der Waals surface area contributed by atoms with Crippen LogP contribution in [0.1, 0.15) is 28.7 Å². The van der Waals surface area contributed by atoms with E-state index in [0.29, 0.717) is 37.5 Å². The molecule has 7 heteroatoms. The molecule has 0 saturated heterocycles. The second-order valence-corrected chi connectivity index (χ2v) is 8.40. The van der Waals surface area contributed by atoms with Gasteiger partial charge in [0.05, 0.1) is 24.8 Å². The van der Waals surface area contributed by atoms with E-state index in [2.05, 4.69) is 5.32 Å². The molecule has 0 radical (unpaired) electrons. The number of benzene rings is 1. The van der Waals surface area contributed by atoms with Crippen LogP contribution >= 0.6 is 0 Å². The summed E-state index contributed by atoms with van der Waals surface area (Å²) in [5.41, 5.74) is 1.22. The van der Waals surface area contributed by atoms with Crippen molar-refractivity contribution in [3.63, 3.8) is 0 Å². The Morgan fingerprint density at radius 3 is 2.45 bits per heavy atom. The molecule has 3 aromatic heterocycles. The van der Waals surface area contributed by atoms with Crippen molar-refractivity contribution >= 4 is 11.8 Å². The van der Waals surface area contributed by atoms with Crippen LogP contribution in [0.5, 0.6) is 0 Å². The molecule has 0 aliphatic carbocycles. The molecule has 1 N–H and O–H groups in total. The summed E-state index contributed by atoms with van der Waals surface area (Å²) < 4.78 is 12.9. The lowest BCUT2D eigenvalue weighted by Gasteiger charge is -2.44. The van der Waals surface area contributed by atoms with Crippen molar-refractivity contribution in [2.75, 3.05) is 6.54 Å². The van der Waals surface area contributed by atoms with Gasteiger partial charge in [-0.1, -0.05) is 30.3 Å². The molecule has 2 amide bonds. The third kappa shape index (κ3) is 3.86. The Hall–Kier alpha value is -4.00. The van der Waals surface area contributed by atoms with Gasteiger partial charge in [0.1, 0.15) is 22.8 Å². The number of fused-ring (bicyclic) bond motifs is 1. The number of furan rings is 2. The summed E-state index contributed by atoms with van der Waals surface area (Å²) >= 11 is 0. The van der Waals surface area contributed by atoms with Crippen LogP contribution in [-0.2, 0) is 24.3 Å². The van der Waals surface area contributed by atoms with Gasteiger partial charge in [-0.3, -0.25) is 9.59 Å². The predicted molar refractivity (Wildman–Crippen MR) is 122 cm³/mol. The Balaban J connectivity index is 1.47. The summed E-state index contributed by atoms with van der Waals surface area (Å²) in [4.78, 5) is 28.9. The second kappa shape index (κ2) is 8.50. The zero-order chi connectivity index (χ0) is 22.8. The van der Waals surface area contributed by atoms with Crippen molar-refractivity contribution in [3.8, 4) is 11.5 Å². The Labute approximate surface area is 191 Å². The number of amides is 2. The van der Waals surface area contributed by atoms with Crippen molar-refractivity contribution < 1.29 is 18.4 Å². The quantitative estimate of drug-likeness (QED) is 0.466. The molecule has 0 bridgehead atoms. The van der Waals surface area contributed by atoms with Gasteiger partial charge in [-0.2, -0.15) is 0 Å². The standard InChI is InChI=1S/C26H25N3O4/c1-26(25(31)27-17-19-7-3-2-4-8-19)18-28-21(23-10-6-16-33-23)11-12-22(28)24(30)29(26)14-13-20-9-5-15-32-20/h2-12,15-16H,13-14,17-18H2,1H3,(H,27,31)/t26-/m0/s1. The van der Waals surface area contributed by atoms with Crippen molar-refractivity contribution in [1.82, 2.24) is 14.8 Å². The van der Waals surface area contributed by atoms with Crippen LogP contribution in [0.15, 0.2) is 88.1 Å². The van der Waals surface area contributed by atoms with Crippen LogP contribution in [0.4, 0.5) is 0 Å². The summed E-state index contributed by atoms with van der Waals surface area (Å²) in [5.74, 6) is 1.03. The molecule has 0 unspecified atom stereocenters. The third-order valence-corrected chi connectivity index (χ3v) is 6.23. The number of carbonyl (C=O) groups excluding carboxylic acids is 2. The number of hydrogen-bond acceptors (Lipinski definition) is 4. The fourth-order valence-corrected chi connectivity index (χ4v) is 4.41. The smallest absolute Gasteiger partial charge is 0.271 e. The average molecular weight is 444 g/mol. The van der Waals surface area contributed by atoms with Crippen LogP contribution in [0.2, 0.25) is 0 Å². The lowest BCUT2D eigenvalue weighted by atomic mass is 9.94. The van der Waals surface area contributed by atoms with Crippen molar-refractivity contribution in [2.24, 2.45) is 0 Å². The molecule has 0 fully saturated rings. The minimum absolute atomic E-state index is 0.192. The number of nitrogens with zero attached hydrogens (tertiary/aromatic N) is 2. The van der Waals surface area contributed by atoms with Gasteiger partial charge in [0.2, 0.25) is 5.91 Å². The van der Waals surface area contributed by atoms with E-state index in [-0.39, 0.29) is 11.8 Å². The van der Waals surface area contributed by atoms with E-state index in [1.807, 2.05) is 66.1 Å². The van der Waals surface area contributed by atoms with Gasteiger partial charge in [0, 0.05) is 19.5 Å². The topological polar surface area (TPSA) is 80.6 Å². The van der Waals surface area contributed by atoms with Gasteiger partial charge in [0.25, 0.3) is 5.91 Å². The molecular formula is C26H25N3O4. The average Bonchev–Trinajstić information content (AvgIpc) is 3.59. The Morgan fingerprint density at radius 2 is 1.73 bits per heavy atom. The van der Waals surface area contributed by atoms with Gasteiger partial charge in [-0.25, -0.2) is 0 Å². The Kier molecular flexibility index (Phi) is 5.38. The minimum Gasteiger partial charge on any atom is -0.469 e. The van der Waals surface area contributed by atoms with Gasteiger partial charge >= 0.3 is 0 Å². The highest BCUT2D eigenvalue weighted by Gasteiger charge is 2.47. The molecule has 1 aromatic carbocycles. The number of carbonyl (C=O) groups is 2. The van der Waals surface area contributed by atoms with Gasteiger partial charge in [-0.15, -0.1) is 0 Å². The Bertz CT molecular complexity index is 1240. The second-order valence-electron chi connectivity index (χ2n) is 8.40. The molecule has 0 saturated carbocycles. The maximum Gasteiger partial charge on any atom is 0.271 e. The van der Waals surface area contributed by atoms with E-state index in [1.165, 1.54) is 0 Å². The SMILES string of the molecule is C[C@@]1(C(=O)NCc2ccccc2)Cn2c(ccc2-c2ccco2)C(=O)N1CCc1ccco1. The van der Waals surface area contributed by atoms with E-state index in [9.17, 15) is 9.59 Å². The first-order chi connectivity index (χ1) is 16.1. The highest BCUT2D eigenvalue weighted by atomic mass is 16.3. The number of aromatic nitrogens is 1. The van der Waals surface area contributed by atoms with Gasteiger partial charge in [0.15, 0.2) is 0 Å². The fraction of sp³-hybridized carbons (Fsp3) is 0.231. The van der Waals surface area contributed by atoms with Crippen LogP contribution in [0, 0.1) is 0 Å². The zero-order valence-electron chi connectivity index (χ0n) is 18.4. The van der Waals surface area contributed by atoms with Crippen molar-refractivity contribution in [3.05, 3.63) is 96.3 Å². The molecule has 1 aliphatic heterocycles. The normalized spacial score (nSPS) is 17.7. The summed E-state index contributed by atoms with van der Waals surface area (Å²) in [6, 6.07) is 20.7. The molecule has 4 heterocycles. The molecule has 0 spiro atoms. The minimum atomic E-state index is -1.09. The van der Waals surface area contributed by atoms with Crippen molar-refractivity contribution in [2.45, 2.75) is 32.0 Å². The van der Waals surface area contributed by atoms with Crippen LogP contribution in [-0.4, -0.2) is 33.4 Å². The van der Waals surface area contributed by atoms with Crippen LogP contribution in [0.25, 0.3) is 11.5 Å². The lowest BCUT2D eigenvalue weighted by molar-refractivity contribution is -0.133. The number of nitrogens with one attached hydrogen (secondary N) is 1. The van der Waals surface area contributed by atoms with Gasteiger partial charge < -0.3 is 23.6 Å². The molecule has 1 aliphatic rings. The lowest BCUT2D eigenvalue weighted by Crippen LogP contribution is -2.64. The predicted octanol–water partition coefficient (Wildman–Crippen LogP) is 4.11. The zero-order valence-corrected chi connectivity index (χ0v) is 18.4. The molecule has 5 rings (SSSR count). The van der Waals surface area contributed by atoms with E-state index < -0.39 is 5.54 Å². The first-order valence-corrected chi connectivity index (χ1v) is 11.0. The maximum absolute atomic E-state index is 13.6. The fourth-order valence-electron chi connectivity index (χ4n) is 4.41. The molecule has 7 nitrogen and oxygen atoms in total. The first kappa shape index (κ1) is 20.9. The highest BCUT2D eigenvalue weighted by molar-refractivity contribution is 6.00.